The molecule has 3 aromatic carbocycles. The summed E-state index contributed by atoms with van der Waals surface area (Å²) >= 11 is 6.13. The van der Waals surface area contributed by atoms with E-state index < -0.39 is 16.1 Å². The first-order valence-corrected chi connectivity index (χ1v) is 16.8. The van der Waals surface area contributed by atoms with Gasteiger partial charge in [-0.05, 0) is 54.7 Å². The molecule has 1 N–H and O–H groups in total. The molecular weight excluding hydrogens is 570 g/mol. The molecule has 0 bridgehead atoms. The SMILES string of the molecule is CS(=O)(=O)N(CCCC(=O)N(Cc1ccc(Cl)cc1)C(Cc1ccccc1)C(=O)NC1CCCCC1)c1ccccc1. The third-order valence-corrected chi connectivity index (χ3v) is 9.13. The summed E-state index contributed by atoms with van der Waals surface area (Å²) in [7, 11) is -3.54. The van der Waals surface area contributed by atoms with E-state index in [9.17, 15) is 18.0 Å². The van der Waals surface area contributed by atoms with Crippen molar-refractivity contribution in [2.45, 2.75) is 70.0 Å². The minimum absolute atomic E-state index is 0.0917. The number of hydrogen-bond donors (Lipinski definition) is 1. The summed E-state index contributed by atoms with van der Waals surface area (Å²) in [6, 6.07) is 25.2. The van der Waals surface area contributed by atoms with Gasteiger partial charge >= 0.3 is 0 Å². The highest BCUT2D eigenvalue weighted by Gasteiger charge is 2.32. The second-order valence-corrected chi connectivity index (χ2v) is 13.3. The van der Waals surface area contributed by atoms with Crippen LogP contribution in [-0.2, 0) is 32.6 Å². The Morgan fingerprint density at radius 1 is 0.881 bits per heavy atom. The average molecular weight is 610 g/mol. The molecule has 2 amide bonds. The van der Waals surface area contributed by atoms with Gasteiger partial charge in [0.05, 0.1) is 11.9 Å². The van der Waals surface area contributed by atoms with E-state index in [1.807, 2.05) is 48.5 Å². The maximum absolute atomic E-state index is 14.0. The molecule has 0 aromatic heterocycles. The third-order valence-electron chi connectivity index (χ3n) is 7.69. The molecule has 0 radical (unpaired) electrons. The molecule has 0 saturated heterocycles. The number of anilines is 1. The van der Waals surface area contributed by atoms with E-state index in [0.717, 1.165) is 36.8 Å². The molecule has 1 atom stereocenters. The molecule has 7 nitrogen and oxygen atoms in total. The lowest BCUT2D eigenvalue weighted by Crippen LogP contribution is -2.52. The van der Waals surface area contributed by atoms with E-state index in [1.54, 1.807) is 41.3 Å². The largest absolute Gasteiger partial charge is 0.352 e. The van der Waals surface area contributed by atoms with Gasteiger partial charge in [0, 0.05) is 37.0 Å². The normalized spacial score (nSPS) is 14.6. The van der Waals surface area contributed by atoms with Crippen molar-refractivity contribution in [3.63, 3.8) is 0 Å². The molecule has 42 heavy (non-hydrogen) atoms. The van der Waals surface area contributed by atoms with E-state index in [0.29, 0.717) is 23.6 Å². The van der Waals surface area contributed by atoms with Crippen LogP contribution in [-0.4, -0.2) is 50.0 Å². The van der Waals surface area contributed by atoms with Crippen molar-refractivity contribution in [2.75, 3.05) is 17.1 Å². The Hall–Kier alpha value is -3.36. The summed E-state index contributed by atoms with van der Waals surface area (Å²) in [6.07, 6.45) is 7.16. The Morgan fingerprint density at radius 3 is 2.12 bits per heavy atom. The van der Waals surface area contributed by atoms with Gasteiger partial charge < -0.3 is 10.2 Å². The standard InChI is InChI=1S/C33H40ClN3O4S/c1-42(40,41)37(30-16-9-4-10-17-30)23-11-18-32(38)36(25-27-19-21-28(34)22-20-27)31(24-26-12-5-2-6-13-26)33(39)35-29-14-7-3-8-15-29/h2,4-6,9-10,12-13,16-17,19-22,29,31H,3,7-8,11,14-15,18,23-25H2,1H3,(H,35,39). The van der Waals surface area contributed by atoms with Crippen molar-refractivity contribution in [3.8, 4) is 0 Å². The van der Waals surface area contributed by atoms with Gasteiger partial charge in [-0.1, -0.05) is 91.5 Å². The molecule has 1 aliphatic carbocycles. The van der Waals surface area contributed by atoms with E-state index in [1.165, 1.54) is 17.0 Å². The lowest BCUT2D eigenvalue weighted by molar-refractivity contribution is -0.141. The van der Waals surface area contributed by atoms with Crippen LogP contribution in [0, 0.1) is 0 Å². The molecule has 3 aromatic rings. The van der Waals surface area contributed by atoms with Gasteiger partial charge in [0.15, 0.2) is 0 Å². The van der Waals surface area contributed by atoms with Crippen LogP contribution in [0.2, 0.25) is 5.02 Å². The fraction of sp³-hybridized carbons (Fsp3) is 0.394. The predicted molar refractivity (Wildman–Crippen MR) is 169 cm³/mol. The molecule has 1 fully saturated rings. The van der Waals surface area contributed by atoms with Gasteiger partial charge in [0.2, 0.25) is 21.8 Å². The predicted octanol–water partition coefficient (Wildman–Crippen LogP) is 5.98. The highest BCUT2D eigenvalue weighted by molar-refractivity contribution is 7.92. The van der Waals surface area contributed by atoms with Crippen LogP contribution in [0.4, 0.5) is 5.69 Å². The van der Waals surface area contributed by atoms with Crippen LogP contribution in [0.25, 0.3) is 0 Å². The molecule has 0 heterocycles. The first-order chi connectivity index (χ1) is 20.2. The van der Waals surface area contributed by atoms with Crippen LogP contribution in [0.3, 0.4) is 0 Å². The number of amides is 2. The van der Waals surface area contributed by atoms with Gasteiger partial charge in [0.25, 0.3) is 0 Å². The molecule has 224 valence electrons. The van der Waals surface area contributed by atoms with E-state index in [-0.39, 0.29) is 37.4 Å². The Bertz CT molecular complexity index is 1400. The zero-order valence-electron chi connectivity index (χ0n) is 24.1. The molecule has 4 rings (SSSR count). The van der Waals surface area contributed by atoms with Crippen LogP contribution < -0.4 is 9.62 Å². The van der Waals surface area contributed by atoms with Crippen molar-refractivity contribution >= 4 is 39.1 Å². The Morgan fingerprint density at radius 2 is 1.50 bits per heavy atom. The first-order valence-electron chi connectivity index (χ1n) is 14.6. The zero-order valence-corrected chi connectivity index (χ0v) is 25.7. The maximum Gasteiger partial charge on any atom is 0.243 e. The second-order valence-electron chi connectivity index (χ2n) is 11.0. The molecule has 9 heteroatoms. The van der Waals surface area contributed by atoms with Crippen LogP contribution in [0.5, 0.6) is 0 Å². The van der Waals surface area contributed by atoms with E-state index in [4.69, 9.17) is 11.6 Å². The number of nitrogens with one attached hydrogen (secondary N) is 1. The van der Waals surface area contributed by atoms with Crippen molar-refractivity contribution in [1.82, 2.24) is 10.2 Å². The van der Waals surface area contributed by atoms with Gasteiger partial charge in [-0.3, -0.25) is 13.9 Å². The molecular formula is C33H40ClN3O4S. The fourth-order valence-electron chi connectivity index (χ4n) is 5.48. The molecule has 1 saturated carbocycles. The number of sulfonamides is 1. The molecule has 0 aliphatic heterocycles. The highest BCUT2D eigenvalue weighted by Crippen LogP contribution is 2.22. The van der Waals surface area contributed by atoms with E-state index >= 15 is 0 Å². The summed E-state index contributed by atoms with van der Waals surface area (Å²) in [5.74, 6) is -0.360. The fourth-order valence-corrected chi connectivity index (χ4v) is 6.57. The molecule has 1 aliphatic rings. The monoisotopic (exact) mass is 609 g/mol. The number of rotatable bonds is 13. The first kappa shape index (κ1) is 31.6. The number of para-hydroxylation sites is 1. The van der Waals surface area contributed by atoms with Crippen molar-refractivity contribution in [1.29, 1.82) is 0 Å². The lowest BCUT2D eigenvalue weighted by atomic mass is 9.94. The van der Waals surface area contributed by atoms with Crippen molar-refractivity contribution in [3.05, 3.63) is 101 Å². The van der Waals surface area contributed by atoms with E-state index in [2.05, 4.69) is 5.32 Å². The van der Waals surface area contributed by atoms with Crippen LogP contribution in [0.15, 0.2) is 84.9 Å². The number of halogens is 1. The van der Waals surface area contributed by atoms with Gasteiger partial charge in [-0.2, -0.15) is 0 Å². The highest BCUT2D eigenvalue weighted by atomic mass is 35.5. The summed E-state index contributed by atoms with van der Waals surface area (Å²) < 4.78 is 26.5. The summed E-state index contributed by atoms with van der Waals surface area (Å²) in [6.45, 7) is 0.390. The number of nitrogens with zero attached hydrogens (tertiary/aromatic N) is 2. The topological polar surface area (TPSA) is 86.8 Å². The lowest BCUT2D eigenvalue weighted by Gasteiger charge is -2.34. The molecule has 1 unspecified atom stereocenters. The Kier molecular flexibility index (Phi) is 11.4. The number of carbonyl (C=O) groups excluding carboxylic acids is 2. The van der Waals surface area contributed by atoms with Crippen molar-refractivity contribution < 1.29 is 18.0 Å². The smallest absolute Gasteiger partial charge is 0.243 e. The van der Waals surface area contributed by atoms with Crippen molar-refractivity contribution in [2.24, 2.45) is 0 Å². The molecule has 0 spiro atoms. The zero-order chi connectivity index (χ0) is 30.0. The quantitative estimate of drug-likeness (QED) is 0.258. The van der Waals surface area contributed by atoms with Gasteiger partial charge in [-0.15, -0.1) is 0 Å². The summed E-state index contributed by atoms with van der Waals surface area (Å²) in [5, 5.41) is 3.84. The maximum atomic E-state index is 14.0. The number of carbonyl (C=O) groups is 2. The minimum atomic E-state index is -3.54. The van der Waals surface area contributed by atoms with Crippen LogP contribution in [0.1, 0.15) is 56.1 Å². The second kappa shape index (κ2) is 15.2. The Balaban J connectivity index is 1.58. The summed E-state index contributed by atoms with van der Waals surface area (Å²) in [5.41, 5.74) is 2.38. The van der Waals surface area contributed by atoms with Crippen LogP contribution >= 0.6 is 11.6 Å². The van der Waals surface area contributed by atoms with Gasteiger partial charge in [0.1, 0.15) is 6.04 Å². The van der Waals surface area contributed by atoms with Gasteiger partial charge in [-0.25, -0.2) is 8.42 Å². The average Bonchev–Trinajstić information content (AvgIpc) is 2.99. The third kappa shape index (κ3) is 9.33. The summed E-state index contributed by atoms with van der Waals surface area (Å²) in [4.78, 5) is 29.5. The minimum Gasteiger partial charge on any atom is -0.352 e. The number of hydrogen-bond acceptors (Lipinski definition) is 4. The number of benzene rings is 3. The Labute approximate surface area is 254 Å².